The first kappa shape index (κ1) is 23.5. The molecule has 12 nitrogen and oxygen atoms in total. The van der Waals surface area contributed by atoms with Crippen molar-refractivity contribution < 1.29 is 23.9 Å². The van der Waals surface area contributed by atoms with Crippen molar-refractivity contribution in [3.63, 3.8) is 0 Å². The van der Waals surface area contributed by atoms with Crippen LogP contribution in [0.1, 0.15) is 40.3 Å². The fourth-order valence-electron chi connectivity index (χ4n) is 3.47. The van der Waals surface area contributed by atoms with Crippen LogP contribution in [-0.4, -0.2) is 50.0 Å². The van der Waals surface area contributed by atoms with Gasteiger partial charge in [-0.3, -0.25) is 19.8 Å². The Bertz CT molecular complexity index is 1300. The quantitative estimate of drug-likeness (QED) is 0.508. The molecule has 4 rings (SSSR count). The molecule has 1 saturated heterocycles. The Morgan fingerprint density at radius 2 is 1.69 bits per heavy atom. The molecule has 0 spiro atoms. The Hall–Kier alpha value is -4.61. The third-order valence-corrected chi connectivity index (χ3v) is 5.01. The number of hydrogen-bond acceptors (Lipinski definition) is 8. The Morgan fingerprint density at radius 3 is 2.37 bits per heavy atom. The van der Waals surface area contributed by atoms with Crippen LogP contribution in [0, 0.1) is 20.8 Å². The van der Waals surface area contributed by atoms with E-state index in [4.69, 9.17) is 4.74 Å². The number of carbonyl (C=O) groups is 4. The second kappa shape index (κ2) is 9.71. The Labute approximate surface area is 200 Å². The number of ether oxygens (including phenoxy) is 1. The Balaban J connectivity index is 1.38. The summed E-state index contributed by atoms with van der Waals surface area (Å²) in [6, 6.07) is 9.38. The van der Waals surface area contributed by atoms with E-state index in [0.717, 1.165) is 16.4 Å². The predicted octanol–water partition coefficient (Wildman–Crippen LogP) is 1.54. The van der Waals surface area contributed by atoms with Crippen molar-refractivity contribution in [1.82, 2.24) is 25.2 Å². The number of benzene rings is 1. The van der Waals surface area contributed by atoms with E-state index in [9.17, 15) is 19.2 Å². The third kappa shape index (κ3) is 5.49. The first-order valence-electron chi connectivity index (χ1n) is 10.8. The molecule has 0 saturated carbocycles. The van der Waals surface area contributed by atoms with Crippen molar-refractivity contribution in [3.05, 3.63) is 59.0 Å². The molecule has 12 heteroatoms. The fraction of sp³-hybridized carbons (Fsp3) is 0.261. The average molecular weight is 477 g/mol. The van der Waals surface area contributed by atoms with Crippen LogP contribution in [0.25, 0.3) is 5.95 Å². The molecular formula is C23H23N7O5. The van der Waals surface area contributed by atoms with Gasteiger partial charge in [0.2, 0.25) is 11.8 Å². The largest absolute Gasteiger partial charge is 0.452 e. The van der Waals surface area contributed by atoms with Gasteiger partial charge in [0.25, 0.3) is 11.9 Å². The van der Waals surface area contributed by atoms with E-state index in [1.807, 2.05) is 19.9 Å². The van der Waals surface area contributed by atoms with Crippen LogP contribution in [0.5, 0.6) is 0 Å². The summed E-state index contributed by atoms with van der Waals surface area (Å²) >= 11 is 0. The zero-order chi connectivity index (χ0) is 25.1. The summed E-state index contributed by atoms with van der Waals surface area (Å²) in [5, 5.41) is 8.13. The molecule has 1 aromatic carbocycles. The second-order valence-electron chi connectivity index (χ2n) is 7.97. The van der Waals surface area contributed by atoms with Gasteiger partial charge in [-0.1, -0.05) is 0 Å². The summed E-state index contributed by atoms with van der Waals surface area (Å²) in [5.41, 5.74) is 5.22. The zero-order valence-electron chi connectivity index (χ0n) is 19.4. The lowest BCUT2D eigenvalue weighted by molar-refractivity contribution is -0.130. The van der Waals surface area contributed by atoms with E-state index in [1.165, 1.54) is 28.9 Å². The first-order valence-corrected chi connectivity index (χ1v) is 10.8. The van der Waals surface area contributed by atoms with E-state index < -0.39 is 18.5 Å². The van der Waals surface area contributed by atoms with Gasteiger partial charge in [0.05, 0.1) is 16.9 Å². The summed E-state index contributed by atoms with van der Waals surface area (Å²) in [5.74, 6) is -1.15. The monoisotopic (exact) mass is 477 g/mol. The second-order valence-corrected chi connectivity index (χ2v) is 7.97. The van der Waals surface area contributed by atoms with E-state index in [1.54, 1.807) is 13.0 Å². The van der Waals surface area contributed by atoms with Crippen LogP contribution in [0.4, 0.5) is 11.5 Å². The van der Waals surface area contributed by atoms with E-state index >= 15 is 0 Å². The highest BCUT2D eigenvalue weighted by molar-refractivity contribution is 6.01. The Kier molecular flexibility index (Phi) is 6.53. The topological polar surface area (TPSA) is 148 Å². The van der Waals surface area contributed by atoms with Crippen LogP contribution in [0.15, 0.2) is 36.4 Å². The third-order valence-electron chi connectivity index (χ3n) is 5.01. The summed E-state index contributed by atoms with van der Waals surface area (Å²) < 4.78 is 6.53. The molecule has 2 N–H and O–H groups in total. The minimum atomic E-state index is -0.719. The maximum absolute atomic E-state index is 12.4. The summed E-state index contributed by atoms with van der Waals surface area (Å²) in [6.07, 6.45) is 0.249. The lowest BCUT2D eigenvalue weighted by Gasteiger charge is -2.27. The molecular weight excluding hydrogens is 454 g/mol. The fourth-order valence-corrected chi connectivity index (χ4v) is 3.47. The van der Waals surface area contributed by atoms with Gasteiger partial charge in [-0.15, -0.1) is 0 Å². The summed E-state index contributed by atoms with van der Waals surface area (Å²) in [7, 11) is 0. The van der Waals surface area contributed by atoms with Gasteiger partial charge in [0.15, 0.2) is 6.61 Å². The molecule has 0 radical (unpaired) electrons. The highest BCUT2D eigenvalue weighted by Crippen LogP contribution is 2.19. The zero-order valence-corrected chi connectivity index (χ0v) is 19.4. The molecule has 0 bridgehead atoms. The number of hydrogen-bond donors (Lipinski definition) is 2. The van der Waals surface area contributed by atoms with Gasteiger partial charge in [-0.05, 0) is 51.1 Å². The number of aryl methyl sites for hydroxylation is 3. The molecule has 1 aliphatic rings. The van der Waals surface area contributed by atoms with Crippen molar-refractivity contribution in [1.29, 1.82) is 0 Å². The van der Waals surface area contributed by atoms with Crippen molar-refractivity contribution in [3.8, 4) is 5.95 Å². The SMILES string of the molecule is Cc1cc(C)nc(-n2nc(C)cc2NC(=O)COC(=O)c2ccc(N3NC(=O)CCC3=O)cc2)n1. The number of hydrazine groups is 1. The Morgan fingerprint density at radius 1 is 1.00 bits per heavy atom. The summed E-state index contributed by atoms with van der Waals surface area (Å²) in [6.45, 7) is 4.90. The number of esters is 1. The van der Waals surface area contributed by atoms with Crippen molar-refractivity contribution in [2.24, 2.45) is 0 Å². The predicted molar refractivity (Wildman–Crippen MR) is 124 cm³/mol. The number of anilines is 2. The van der Waals surface area contributed by atoms with Gasteiger partial charge >= 0.3 is 5.97 Å². The normalized spacial score (nSPS) is 13.4. The van der Waals surface area contributed by atoms with Crippen molar-refractivity contribution >= 4 is 35.2 Å². The van der Waals surface area contributed by atoms with Crippen LogP contribution < -0.4 is 15.8 Å². The number of rotatable bonds is 6. The number of amides is 3. The van der Waals surface area contributed by atoms with E-state index in [-0.39, 0.29) is 30.2 Å². The van der Waals surface area contributed by atoms with Crippen LogP contribution >= 0.6 is 0 Å². The number of aromatic nitrogens is 4. The summed E-state index contributed by atoms with van der Waals surface area (Å²) in [4.78, 5) is 57.1. The van der Waals surface area contributed by atoms with Crippen molar-refractivity contribution in [2.45, 2.75) is 33.6 Å². The molecule has 0 atom stereocenters. The first-order chi connectivity index (χ1) is 16.7. The van der Waals surface area contributed by atoms with Gasteiger partial charge in [-0.2, -0.15) is 9.78 Å². The van der Waals surface area contributed by atoms with E-state index in [2.05, 4.69) is 25.8 Å². The molecule has 3 amide bonds. The smallest absolute Gasteiger partial charge is 0.338 e. The molecule has 3 heterocycles. The van der Waals surface area contributed by atoms with Crippen LogP contribution in [-0.2, 0) is 19.1 Å². The van der Waals surface area contributed by atoms with Gasteiger partial charge in [-0.25, -0.2) is 19.8 Å². The highest BCUT2D eigenvalue weighted by atomic mass is 16.5. The van der Waals surface area contributed by atoms with E-state index in [0.29, 0.717) is 23.1 Å². The van der Waals surface area contributed by atoms with Crippen LogP contribution in [0.2, 0.25) is 0 Å². The minimum Gasteiger partial charge on any atom is -0.452 e. The lowest BCUT2D eigenvalue weighted by Crippen LogP contribution is -2.50. The number of nitrogens with zero attached hydrogens (tertiary/aromatic N) is 5. The van der Waals surface area contributed by atoms with Gasteiger partial charge in [0, 0.05) is 30.3 Å². The molecule has 0 aliphatic carbocycles. The highest BCUT2D eigenvalue weighted by Gasteiger charge is 2.24. The molecule has 180 valence electrons. The minimum absolute atomic E-state index is 0.110. The standard InChI is InChI=1S/C23H23N7O5/c1-13-10-14(2)25-23(24-13)30-18(11-15(3)27-30)26-20(32)12-35-22(34)16-4-6-17(7-5-16)29-21(33)9-8-19(31)28-29/h4-7,10-11H,8-9,12H2,1-3H3,(H,26,32)(H,28,31). The number of carbonyl (C=O) groups excluding carboxylic acids is 4. The molecule has 3 aromatic rings. The molecule has 2 aromatic heterocycles. The maximum atomic E-state index is 12.4. The van der Waals surface area contributed by atoms with Crippen LogP contribution in [0.3, 0.4) is 0 Å². The van der Waals surface area contributed by atoms with Gasteiger partial charge in [0.1, 0.15) is 5.82 Å². The van der Waals surface area contributed by atoms with Crippen molar-refractivity contribution in [2.75, 3.05) is 16.9 Å². The average Bonchev–Trinajstić information content (AvgIpc) is 3.18. The van der Waals surface area contributed by atoms with Gasteiger partial charge < -0.3 is 10.1 Å². The maximum Gasteiger partial charge on any atom is 0.338 e. The molecule has 1 fully saturated rings. The molecule has 35 heavy (non-hydrogen) atoms. The molecule has 1 aliphatic heterocycles. The number of nitrogens with one attached hydrogen (secondary N) is 2. The lowest BCUT2D eigenvalue weighted by atomic mass is 10.2. The molecule has 0 unspecified atom stereocenters.